The molecule has 0 atom stereocenters. The van der Waals surface area contributed by atoms with Crippen molar-refractivity contribution in [3.63, 3.8) is 0 Å². The molecule has 0 fully saturated rings. The smallest absolute Gasteiger partial charge is 0.191 e. The third kappa shape index (κ3) is 4.14. The van der Waals surface area contributed by atoms with E-state index in [1.807, 2.05) is 24.3 Å². The van der Waals surface area contributed by atoms with Crippen molar-refractivity contribution >= 4 is 29.6 Å². The van der Waals surface area contributed by atoms with Crippen molar-refractivity contribution in [3.8, 4) is 11.5 Å². The van der Waals surface area contributed by atoms with Gasteiger partial charge in [-0.05, 0) is 36.4 Å². The Morgan fingerprint density at radius 3 is 1.39 bits per heavy atom. The predicted molar refractivity (Wildman–Crippen MR) is 134 cm³/mol. The summed E-state index contributed by atoms with van der Waals surface area (Å²) in [6.07, 6.45) is 0. The van der Waals surface area contributed by atoms with Crippen LogP contribution >= 0.6 is 0 Å². The quantitative estimate of drug-likeness (QED) is 0.455. The number of benzene rings is 4. The lowest BCUT2D eigenvalue weighted by Crippen LogP contribution is -2.33. The first-order valence-electron chi connectivity index (χ1n) is 11.3. The molecule has 2 aliphatic heterocycles. The Labute approximate surface area is 195 Å². The van der Waals surface area contributed by atoms with E-state index in [1.54, 1.807) is 0 Å². The molecule has 0 aromatic heterocycles. The first-order chi connectivity index (χ1) is 16.3. The lowest BCUT2D eigenvalue weighted by atomic mass is 9.64. The highest BCUT2D eigenvalue weighted by molar-refractivity contribution is 6.67. The van der Waals surface area contributed by atoms with E-state index in [2.05, 4.69) is 89.9 Å². The van der Waals surface area contributed by atoms with E-state index in [9.17, 15) is 0 Å². The van der Waals surface area contributed by atoms with Crippen molar-refractivity contribution in [1.82, 2.24) is 0 Å². The van der Waals surface area contributed by atoms with E-state index >= 15 is 0 Å². The first kappa shape index (κ1) is 19.8. The minimum atomic E-state index is 0.576. The summed E-state index contributed by atoms with van der Waals surface area (Å²) in [7, 11) is 2.21. The number of ether oxygens (including phenoxy) is 2. The first-order valence-corrected chi connectivity index (χ1v) is 11.3. The van der Waals surface area contributed by atoms with E-state index in [0.29, 0.717) is 13.5 Å². The van der Waals surface area contributed by atoms with E-state index in [-0.39, 0.29) is 0 Å². The molecule has 4 aromatic rings. The lowest BCUT2D eigenvalue weighted by molar-refractivity contribution is 0.289. The van der Waals surface area contributed by atoms with E-state index in [4.69, 9.17) is 9.47 Å². The van der Waals surface area contributed by atoms with E-state index < -0.39 is 0 Å². The van der Waals surface area contributed by atoms with E-state index in [1.165, 1.54) is 33.4 Å². The molecule has 33 heavy (non-hydrogen) atoms. The Morgan fingerprint density at radius 1 is 0.515 bits per heavy atom. The zero-order valence-electron chi connectivity index (χ0n) is 18.4. The molecule has 0 unspecified atom stereocenters. The number of nitrogens with zero attached hydrogens (tertiary/aromatic N) is 2. The van der Waals surface area contributed by atoms with Gasteiger partial charge in [0.05, 0.1) is 0 Å². The number of hydrogen-bond donors (Lipinski definition) is 0. The second-order valence-electron chi connectivity index (χ2n) is 8.49. The molecule has 1 radical (unpaired) electrons. The van der Waals surface area contributed by atoms with Crippen molar-refractivity contribution in [2.45, 2.75) is 13.1 Å². The van der Waals surface area contributed by atoms with Gasteiger partial charge in [-0.2, -0.15) is 0 Å². The van der Waals surface area contributed by atoms with Crippen LogP contribution in [0.15, 0.2) is 97.1 Å². The molecule has 0 saturated carbocycles. The molecule has 0 aliphatic carbocycles. The number of fused-ring (bicyclic) bond motifs is 2. The van der Waals surface area contributed by atoms with Crippen LogP contribution in [0.3, 0.4) is 0 Å². The summed E-state index contributed by atoms with van der Waals surface area (Å²) in [6.45, 7) is 2.88. The van der Waals surface area contributed by atoms with Gasteiger partial charge in [-0.3, -0.25) is 0 Å². The molecule has 0 N–H and O–H groups in total. The van der Waals surface area contributed by atoms with Crippen LogP contribution in [0, 0.1) is 0 Å². The van der Waals surface area contributed by atoms with Crippen molar-refractivity contribution in [2.75, 3.05) is 23.3 Å². The van der Waals surface area contributed by atoms with Crippen LogP contribution < -0.4 is 30.2 Å². The molecule has 5 heteroatoms. The van der Waals surface area contributed by atoms with Crippen LogP contribution in [0.5, 0.6) is 11.5 Å². The lowest BCUT2D eigenvalue weighted by Gasteiger charge is -2.31. The highest BCUT2D eigenvalue weighted by Gasteiger charge is 2.18. The highest BCUT2D eigenvalue weighted by atomic mass is 16.5. The minimum absolute atomic E-state index is 0.576. The van der Waals surface area contributed by atoms with Crippen molar-refractivity contribution in [1.29, 1.82) is 0 Å². The van der Waals surface area contributed by atoms with Gasteiger partial charge in [0.2, 0.25) is 0 Å². The zero-order chi connectivity index (χ0) is 22.0. The summed E-state index contributed by atoms with van der Waals surface area (Å²) >= 11 is 0. The Kier molecular flexibility index (Phi) is 5.15. The third-order valence-corrected chi connectivity index (χ3v) is 6.27. The van der Waals surface area contributed by atoms with Gasteiger partial charge in [0, 0.05) is 35.6 Å². The second-order valence-corrected chi connectivity index (χ2v) is 8.49. The van der Waals surface area contributed by atoms with Crippen molar-refractivity contribution in [3.05, 3.63) is 108 Å². The number of para-hydroxylation sites is 2. The summed E-state index contributed by atoms with van der Waals surface area (Å²) in [6, 6.07) is 33.8. The Balaban J connectivity index is 1.10. The van der Waals surface area contributed by atoms with Crippen LogP contribution in [-0.4, -0.2) is 20.7 Å². The Hall–Kier alpha value is -3.86. The second kappa shape index (κ2) is 8.59. The van der Waals surface area contributed by atoms with Gasteiger partial charge >= 0.3 is 0 Å². The Morgan fingerprint density at radius 2 is 0.939 bits per heavy atom. The van der Waals surface area contributed by atoms with Gasteiger partial charge in [-0.1, -0.05) is 71.6 Å². The molecule has 6 rings (SSSR count). The number of rotatable bonds is 4. The predicted octanol–water partition coefficient (Wildman–Crippen LogP) is 4.05. The molecule has 2 heterocycles. The highest BCUT2D eigenvalue weighted by Crippen LogP contribution is 2.28. The van der Waals surface area contributed by atoms with Gasteiger partial charge in [-0.15, -0.1) is 0 Å². The van der Waals surface area contributed by atoms with Crippen LogP contribution in [0.1, 0.15) is 11.1 Å². The zero-order valence-corrected chi connectivity index (χ0v) is 18.4. The summed E-state index contributed by atoms with van der Waals surface area (Å²) in [5.41, 5.74) is 7.15. The fourth-order valence-corrected chi connectivity index (χ4v) is 4.43. The molecule has 161 valence electrons. The average Bonchev–Trinajstić information content (AvgIpc) is 2.89. The molecule has 2 aliphatic rings. The number of hydrogen-bond acceptors (Lipinski definition) is 4. The molecule has 4 nitrogen and oxygen atoms in total. The van der Waals surface area contributed by atoms with Crippen LogP contribution in [-0.2, 0) is 13.1 Å². The van der Waals surface area contributed by atoms with Crippen LogP contribution in [0.2, 0.25) is 0 Å². The maximum Gasteiger partial charge on any atom is 0.191 e. The Bertz CT molecular complexity index is 1160. The maximum absolute atomic E-state index is 5.90. The molecular formula is C28H24BN2O2. The summed E-state index contributed by atoms with van der Waals surface area (Å²) in [4.78, 5) is 4.50. The molecule has 0 bridgehead atoms. The average molecular weight is 431 g/mol. The third-order valence-electron chi connectivity index (χ3n) is 6.27. The standard InChI is InChI=1S/C28H24BN2O2/c1-3-7-27-21(5-1)17-30(19-32-27)25-13-9-23(10-14-25)29-24-11-15-26(16-12-24)31-18-22-6-2-4-8-28(22)33-20-31/h1-16H,17-20H2. The molecule has 0 saturated heterocycles. The van der Waals surface area contributed by atoms with Crippen molar-refractivity contribution < 1.29 is 9.47 Å². The fraction of sp³-hybridized carbons (Fsp3) is 0.143. The SMILES string of the molecule is [B](c1ccc(N2COc3ccccc3C2)cc1)c1ccc(N2COc3ccccc3C2)cc1. The summed E-state index contributed by atoms with van der Waals surface area (Å²) in [5.74, 6) is 1.98. The van der Waals surface area contributed by atoms with E-state index in [0.717, 1.165) is 24.6 Å². The van der Waals surface area contributed by atoms with Crippen LogP contribution in [0.4, 0.5) is 11.4 Å². The minimum Gasteiger partial charge on any atom is -0.473 e. The van der Waals surface area contributed by atoms with Gasteiger partial charge in [0.25, 0.3) is 0 Å². The molecular weight excluding hydrogens is 407 g/mol. The molecule has 0 amide bonds. The van der Waals surface area contributed by atoms with Gasteiger partial charge in [0.1, 0.15) is 11.5 Å². The number of anilines is 2. The van der Waals surface area contributed by atoms with Gasteiger partial charge < -0.3 is 19.3 Å². The van der Waals surface area contributed by atoms with Gasteiger partial charge in [0.15, 0.2) is 20.7 Å². The monoisotopic (exact) mass is 431 g/mol. The van der Waals surface area contributed by atoms with Crippen molar-refractivity contribution in [2.24, 2.45) is 0 Å². The summed E-state index contributed by atoms with van der Waals surface area (Å²) in [5, 5.41) is 0. The van der Waals surface area contributed by atoms with Gasteiger partial charge in [-0.25, -0.2) is 0 Å². The maximum atomic E-state index is 5.90. The normalized spacial score (nSPS) is 14.5. The summed E-state index contributed by atoms with van der Waals surface area (Å²) < 4.78 is 11.8. The fourth-order valence-electron chi connectivity index (χ4n) is 4.43. The topological polar surface area (TPSA) is 24.9 Å². The van der Waals surface area contributed by atoms with Crippen LogP contribution in [0.25, 0.3) is 0 Å². The largest absolute Gasteiger partial charge is 0.473 e. The molecule has 4 aromatic carbocycles. The molecule has 0 spiro atoms.